The quantitative estimate of drug-likeness (QED) is 0.0195. The van der Waals surface area contributed by atoms with E-state index < -0.39 is 30.3 Å². The summed E-state index contributed by atoms with van der Waals surface area (Å²) in [5.41, 5.74) is 0. The van der Waals surface area contributed by atoms with Crippen LogP contribution in [0.2, 0.25) is 0 Å². The highest BCUT2D eigenvalue weighted by atomic mass is 16.7. The van der Waals surface area contributed by atoms with E-state index in [1.807, 2.05) is 21.1 Å². The molecule has 0 aliphatic heterocycles. The maximum absolute atomic E-state index is 12.8. The van der Waals surface area contributed by atoms with Crippen molar-refractivity contribution in [3.05, 3.63) is 194 Å². The van der Waals surface area contributed by atoms with Crippen LogP contribution < -0.4 is 5.11 Å². The Morgan fingerprint density at radius 1 is 0.380 bits per heavy atom. The first kappa shape index (κ1) is 73.1. The molecule has 0 N–H and O–H groups in total. The number of ether oxygens (including phenoxy) is 4. The fraction of sp³-hybridized carbons (Fsp3) is 0.500. The van der Waals surface area contributed by atoms with Gasteiger partial charge < -0.3 is 33.3 Å². The second-order valence-corrected chi connectivity index (χ2v) is 19.8. The van der Waals surface area contributed by atoms with E-state index in [9.17, 15) is 19.5 Å². The summed E-state index contributed by atoms with van der Waals surface area (Å²) in [6, 6.07) is 0. The van der Waals surface area contributed by atoms with Crippen molar-refractivity contribution in [3.63, 3.8) is 0 Å². The third-order valence-electron chi connectivity index (χ3n) is 11.3. The number of likely N-dealkylation sites (N-methyl/N-ethyl adjacent to an activating group) is 1. The Labute approximate surface area is 481 Å². The second kappa shape index (κ2) is 58.3. The normalized spacial score (nSPS) is 14.2. The lowest BCUT2D eigenvalue weighted by atomic mass is 10.1. The van der Waals surface area contributed by atoms with Gasteiger partial charge in [0.25, 0.3) is 0 Å². The van der Waals surface area contributed by atoms with Crippen LogP contribution in [0.5, 0.6) is 0 Å². The number of quaternary nitrogens is 1. The average Bonchev–Trinajstić information content (AvgIpc) is 3.42. The van der Waals surface area contributed by atoms with E-state index in [4.69, 9.17) is 18.9 Å². The number of aliphatic carboxylic acids is 1. The summed E-state index contributed by atoms with van der Waals surface area (Å²) in [6.45, 7) is 4.36. The van der Waals surface area contributed by atoms with E-state index >= 15 is 0 Å². The van der Waals surface area contributed by atoms with Crippen LogP contribution in [0.4, 0.5) is 0 Å². The topological polar surface area (TPSA) is 111 Å². The van der Waals surface area contributed by atoms with Crippen LogP contribution in [-0.4, -0.2) is 82.3 Å². The van der Waals surface area contributed by atoms with Gasteiger partial charge in [-0.15, -0.1) is 0 Å². The molecule has 438 valence electrons. The van der Waals surface area contributed by atoms with Gasteiger partial charge in [0.2, 0.25) is 0 Å². The fourth-order valence-corrected chi connectivity index (χ4v) is 6.86. The number of carboxylic acid groups (broad SMARTS) is 1. The van der Waals surface area contributed by atoms with Gasteiger partial charge in [0.15, 0.2) is 12.4 Å². The maximum Gasteiger partial charge on any atom is 0.306 e. The predicted octanol–water partition coefficient (Wildman–Crippen LogP) is 16.6. The number of carboxylic acids is 1. The number of hydrogen-bond donors (Lipinski definition) is 0. The Morgan fingerprint density at radius 3 is 0.962 bits per heavy atom. The van der Waals surface area contributed by atoms with Crippen molar-refractivity contribution < 1.29 is 42.9 Å². The molecule has 0 fully saturated rings. The van der Waals surface area contributed by atoms with E-state index in [0.29, 0.717) is 23.9 Å². The van der Waals surface area contributed by atoms with Gasteiger partial charge in [-0.2, -0.15) is 0 Å². The van der Waals surface area contributed by atoms with Crippen LogP contribution in [0.25, 0.3) is 0 Å². The first-order valence-corrected chi connectivity index (χ1v) is 29.6. The highest BCUT2D eigenvalue weighted by Crippen LogP contribution is 2.10. The molecule has 0 aliphatic carbocycles. The molecule has 0 saturated carbocycles. The summed E-state index contributed by atoms with van der Waals surface area (Å²) >= 11 is 0. The Balaban J connectivity index is 4.36. The molecule has 0 saturated heterocycles. The van der Waals surface area contributed by atoms with E-state index in [-0.39, 0.29) is 32.7 Å². The largest absolute Gasteiger partial charge is 0.545 e. The zero-order valence-corrected chi connectivity index (χ0v) is 49.6. The summed E-state index contributed by atoms with van der Waals surface area (Å²) in [4.78, 5) is 37.2. The predicted molar refractivity (Wildman–Crippen MR) is 333 cm³/mol. The van der Waals surface area contributed by atoms with E-state index in [1.54, 1.807) is 0 Å². The summed E-state index contributed by atoms with van der Waals surface area (Å²) < 4.78 is 22.5. The monoisotopic (exact) mass is 1090 g/mol. The highest BCUT2D eigenvalue weighted by Gasteiger charge is 2.21. The van der Waals surface area contributed by atoms with Crippen molar-refractivity contribution in [2.75, 3.05) is 47.5 Å². The molecule has 0 aromatic heterocycles. The van der Waals surface area contributed by atoms with E-state index in [1.165, 1.54) is 0 Å². The van der Waals surface area contributed by atoms with Gasteiger partial charge in [-0.1, -0.05) is 208 Å². The summed E-state index contributed by atoms with van der Waals surface area (Å²) in [7, 11) is 5.87. The number of esters is 2. The Morgan fingerprint density at radius 2 is 0.671 bits per heavy atom. The van der Waals surface area contributed by atoms with Gasteiger partial charge in [0.1, 0.15) is 13.2 Å². The first-order valence-electron chi connectivity index (χ1n) is 29.6. The third kappa shape index (κ3) is 59.6. The number of unbranched alkanes of at least 4 members (excludes halogenated alkanes) is 4. The van der Waals surface area contributed by atoms with E-state index in [0.717, 1.165) is 128 Å². The van der Waals surface area contributed by atoms with Crippen LogP contribution in [0.1, 0.15) is 168 Å². The molecule has 0 amide bonds. The third-order valence-corrected chi connectivity index (χ3v) is 11.3. The van der Waals surface area contributed by atoms with Crippen molar-refractivity contribution in [1.82, 2.24) is 0 Å². The SMILES string of the molecule is CC/C=C\C/C=C\C/C=C\C/C=C\C/C=C\C/C=C\C/C=C\C/C=C\C/C=C\C/C=C\C/C=C\C/C=C\CCCCC(=O)OC(COC(=O)CCCC/C=C\C/C=C\C/C=C\C/C=C\CC)COC(OCC[N+](C)(C)C)C(=O)[O-]. The number of carbonyl (C=O) groups is 3. The molecule has 0 radical (unpaired) electrons. The standard InChI is InChI=1S/C70H105NO8/c1-6-8-10-12-14-16-18-20-22-23-24-25-26-27-28-29-30-31-32-33-34-35-36-37-38-39-40-41-42-43-44-45-47-49-51-53-55-57-59-61-68(73)79-66(65-78-70(69(74)75)76-63-62-71(3,4)5)64-77-67(72)60-58-56-54-52-50-48-46-21-19-17-15-13-11-9-7-2/h8-11,14-17,20-22,24-25,27-28,30-31,33-34,36-37,39-40,42-43,45-47,50-53,66,70H,6-7,12-13,18-19,23,26,29,32,35,38,41,44,48-49,54-65H2,1-5H3/b10-8-,11-9-,16-14-,17-15-,22-20-,25-24-,28-27-,31-30-,34-33-,37-36-,40-39-,43-42-,46-21-,47-45-,52-50-,53-51-. The number of nitrogens with zero attached hydrogens (tertiary/aromatic N) is 1. The zero-order valence-electron chi connectivity index (χ0n) is 49.6. The minimum absolute atomic E-state index is 0.120. The molecule has 0 aromatic rings. The minimum Gasteiger partial charge on any atom is -0.545 e. The molecular weight excluding hydrogens is 983 g/mol. The lowest BCUT2D eigenvalue weighted by molar-refractivity contribution is -0.870. The van der Waals surface area contributed by atoms with Crippen molar-refractivity contribution in [3.8, 4) is 0 Å². The van der Waals surface area contributed by atoms with Crippen LogP contribution in [0.3, 0.4) is 0 Å². The van der Waals surface area contributed by atoms with Gasteiger partial charge in [-0.05, 0) is 141 Å². The first-order chi connectivity index (χ1) is 38.6. The maximum atomic E-state index is 12.8. The van der Waals surface area contributed by atoms with Crippen LogP contribution in [-0.2, 0) is 33.3 Å². The lowest BCUT2D eigenvalue weighted by Crippen LogP contribution is -2.44. The summed E-state index contributed by atoms with van der Waals surface area (Å²) in [6.07, 6.45) is 87.9. The van der Waals surface area contributed by atoms with Gasteiger partial charge in [-0.3, -0.25) is 9.59 Å². The van der Waals surface area contributed by atoms with Crippen molar-refractivity contribution >= 4 is 17.9 Å². The second-order valence-electron chi connectivity index (χ2n) is 19.8. The fourth-order valence-electron chi connectivity index (χ4n) is 6.86. The van der Waals surface area contributed by atoms with Crippen LogP contribution >= 0.6 is 0 Å². The minimum atomic E-state index is -1.66. The van der Waals surface area contributed by atoms with Gasteiger partial charge in [-0.25, -0.2) is 0 Å². The number of rotatable bonds is 51. The zero-order chi connectivity index (χ0) is 57.6. The molecule has 9 nitrogen and oxygen atoms in total. The van der Waals surface area contributed by atoms with Crippen LogP contribution in [0, 0.1) is 0 Å². The number of hydrogen-bond acceptors (Lipinski definition) is 8. The average molecular weight is 1090 g/mol. The van der Waals surface area contributed by atoms with Gasteiger partial charge in [0.05, 0.1) is 40.3 Å². The molecule has 0 bridgehead atoms. The number of carbonyl (C=O) groups excluding carboxylic acids is 3. The molecule has 79 heavy (non-hydrogen) atoms. The van der Waals surface area contributed by atoms with Crippen LogP contribution in [0.15, 0.2) is 194 Å². The molecule has 2 atom stereocenters. The van der Waals surface area contributed by atoms with E-state index in [2.05, 4.69) is 208 Å². The molecule has 0 aliphatic rings. The molecule has 0 spiro atoms. The summed E-state index contributed by atoms with van der Waals surface area (Å²) in [5, 5.41) is 11.8. The molecule has 0 rings (SSSR count). The molecule has 2 unspecified atom stereocenters. The number of allylic oxidation sites excluding steroid dienone is 32. The molecule has 0 heterocycles. The van der Waals surface area contributed by atoms with Crippen molar-refractivity contribution in [1.29, 1.82) is 0 Å². The lowest BCUT2D eigenvalue weighted by Gasteiger charge is -2.26. The smallest absolute Gasteiger partial charge is 0.306 e. The molecule has 0 aromatic carbocycles. The highest BCUT2D eigenvalue weighted by molar-refractivity contribution is 5.70. The molecule has 9 heteroatoms. The summed E-state index contributed by atoms with van der Waals surface area (Å²) in [5.74, 6) is -2.43. The van der Waals surface area contributed by atoms with Gasteiger partial charge >= 0.3 is 11.9 Å². The Bertz CT molecular complexity index is 1990. The van der Waals surface area contributed by atoms with Gasteiger partial charge in [0, 0.05) is 12.8 Å². The Hall–Kier alpha value is -5.87. The van der Waals surface area contributed by atoms with Crippen molar-refractivity contribution in [2.24, 2.45) is 0 Å². The molecular formula is C70H105NO8. The Kier molecular flexibility index (Phi) is 54.0. The van der Waals surface area contributed by atoms with Crippen molar-refractivity contribution in [2.45, 2.75) is 180 Å².